The highest BCUT2D eigenvalue weighted by Crippen LogP contribution is 2.47. The Hall–Kier alpha value is -0.850. The van der Waals surface area contributed by atoms with E-state index in [9.17, 15) is 4.39 Å². The van der Waals surface area contributed by atoms with Crippen molar-refractivity contribution >= 4 is 0 Å². The Morgan fingerprint density at radius 3 is 2.69 bits per heavy atom. The predicted octanol–water partition coefficient (Wildman–Crippen LogP) is 3.92. The summed E-state index contributed by atoms with van der Waals surface area (Å²) < 4.78 is 12.9. The molecule has 2 aliphatic carbocycles. The van der Waals surface area contributed by atoms with Gasteiger partial charge in [-0.15, -0.1) is 0 Å². The third-order valence-electron chi connectivity index (χ3n) is 3.21. The molecule has 0 nitrogen and oxygen atoms in total. The molecule has 0 heterocycles. The zero-order chi connectivity index (χ0) is 9.31. The molecule has 0 aromatic heterocycles. The lowest BCUT2D eigenvalue weighted by molar-refractivity contribution is 0.220. The van der Waals surface area contributed by atoms with Gasteiger partial charge in [0.15, 0.2) is 0 Å². The molecule has 0 aromatic rings. The highest BCUT2D eigenvalue weighted by molar-refractivity contribution is 5.35. The maximum atomic E-state index is 12.9. The molecular weight excluding hydrogens is 163 g/mol. The first-order chi connectivity index (χ1) is 6.21. The minimum Gasteiger partial charge on any atom is -0.211 e. The molecule has 1 fully saturated rings. The second-order valence-electron chi connectivity index (χ2n) is 4.26. The third kappa shape index (κ3) is 1.60. The van der Waals surface area contributed by atoms with E-state index in [0.29, 0.717) is 11.8 Å². The van der Waals surface area contributed by atoms with Gasteiger partial charge in [-0.1, -0.05) is 31.6 Å². The van der Waals surface area contributed by atoms with Crippen LogP contribution >= 0.6 is 0 Å². The lowest BCUT2D eigenvalue weighted by Crippen LogP contribution is -2.26. The Morgan fingerprint density at radius 1 is 1.31 bits per heavy atom. The number of allylic oxidation sites excluding steroid dienone is 6. The molecule has 1 saturated carbocycles. The molecule has 0 N–H and O–H groups in total. The normalized spacial score (nSPS) is 25.7. The van der Waals surface area contributed by atoms with Crippen molar-refractivity contribution in [3.63, 3.8) is 0 Å². The van der Waals surface area contributed by atoms with E-state index in [4.69, 9.17) is 0 Å². The van der Waals surface area contributed by atoms with Gasteiger partial charge in [0.1, 0.15) is 5.83 Å². The SMILES string of the molecule is CC1(C2=CC=C(F)CC=C2)CCC1. The quantitative estimate of drug-likeness (QED) is 0.571. The first-order valence-electron chi connectivity index (χ1n) is 4.94. The maximum Gasteiger partial charge on any atom is 0.104 e. The Balaban J connectivity index is 2.23. The molecular formula is C12H15F. The van der Waals surface area contributed by atoms with Gasteiger partial charge in [-0.05, 0) is 29.9 Å². The fourth-order valence-electron chi connectivity index (χ4n) is 2.00. The average Bonchev–Trinajstić information content (AvgIpc) is 2.26. The van der Waals surface area contributed by atoms with Gasteiger partial charge < -0.3 is 0 Å². The molecule has 1 heteroatoms. The van der Waals surface area contributed by atoms with E-state index in [1.807, 2.05) is 12.2 Å². The summed E-state index contributed by atoms with van der Waals surface area (Å²) in [4.78, 5) is 0. The van der Waals surface area contributed by atoms with Crippen LogP contribution in [0.3, 0.4) is 0 Å². The van der Waals surface area contributed by atoms with E-state index in [1.54, 1.807) is 6.08 Å². The molecule has 2 rings (SSSR count). The Morgan fingerprint density at radius 2 is 2.08 bits per heavy atom. The minimum absolute atomic E-state index is 0.0332. The number of halogens is 1. The van der Waals surface area contributed by atoms with E-state index in [2.05, 4.69) is 13.0 Å². The van der Waals surface area contributed by atoms with Crippen LogP contribution in [0.25, 0.3) is 0 Å². The lowest BCUT2D eigenvalue weighted by Gasteiger charge is -2.39. The van der Waals surface area contributed by atoms with Crippen LogP contribution in [0.2, 0.25) is 0 Å². The molecule has 0 unspecified atom stereocenters. The van der Waals surface area contributed by atoms with Gasteiger partial charge in [0.05, 0.1) is 0 Å². The summed E-state index contributed by atoms with van der Waals surface area (Å²) in [5.74, 6) is -0.0332. The molecule has 0 amide bonds. The van der Waals surface area contributed by atoms with E-state index in [1.165, 1.54) is 24.8 Å². The average molecular weight is 178 g/mol. The van der Waals surface area contributed by atoms with Gasteiger partial charge >= 0.3 is 0 Å². The second-order valence-corrected chi connectivity index (χ2v) is 4.26. The van der Waals surface area contributed by atoms with Crippen LogP contribution in [0.15, 0.2) is 35.7 Å². The van der Waals surface area contributed by atoms with Crippen LogP contribution in [-0.2, 0) is 0 Å². The summed E-state index contributed by atoms with van der Waals surface area (Å²) in [5, 5.41) is 0. The van der Waals surface area contributed by atoms with Gasteiger partial charge in [-0.3, -0.25) is 0 Å². The van der Waals surface area contributed by atoms with Crippen molar-refractivity contribution in [2.24, 2.45) is 5.41 Å². The van der Waals surface area contributed by atoms with Crippen LogP contribution in [0.1, 0.15) is 32.6 Å². The summed E-state index contributed by atoms with van der Waals surface area (Å²) in [6.07, 6.45) is 11.8. The highest BCUT2D eigenvalue weighted by Gasteiger charge is 2.34. The smallest absolute Gasteiger partial charge is 0.104 e. The monoisotopic (exact) mass is 178 g/mol. The molecule has 0 aromatic carbocycles. The standard InChI is InChI=1S/C12H15F/c1-12(8-3-9-12)10-4-2-5-11(13)7-6-10/h2,4,6-7H,3,5,8-9H2,1H3. The summed E-state index contributed by atoms with van der Waals surface area (Å²) in [7, 11) is 0. The second kappa shape index (κ2) is 3.13. The highest BCUT2D eigenvalue weighted by atomic mass is 19.1. The molecule has 0 atom stereocenters. The first kappa shape index (κ1) is 8.74. The maximum absolute atomic E-state index is 12.9. The van der Waals surface area contributed by atoms with Crippen LogP contribution < -0.4 is 0 Å². The first-order valence-corrected chi connectivity index (χ1v) is 4.94. The summed E-state index contributed by atoms with van der Waals surface area (Å²) in [6, 6.07) is 0. The number of hydrogen-bond donors (Lipinski definition) is 0. The Bertz CT molecular complexity index is 290. The van der Waals surface area contributed by atoms with Crippen molar-refractivity contribution in [2.75, 3.05) is 0 Å². The van der Waals surface area contributed by atoms with Crippen molar-refractivity contribution < 1.29 is 4.39 Å². The molecule has 0 aliphatic heterocycles. The summed E-state index contributed by atoms with van der Waals surface area (Å²) in [5.41, 5.74) is 1.63. The molecule has 0 radical (unpaired) electrons. The molecule has 13 heavy (non-hydrogen) atoms. The predicted molar refractivity (Wildman–Crippen MR) is 53.0 cm³/mol. The largest absolute Gasteiger partial charge is 0.211 e. The van der Waals surface area contributed by atoms with Crippen molar-refractivity contribution in [2.45, 2.75) is 32.6 Å². The summed E-state index contributed by atoms with van der Waals surface area (Å²) in [6.45, 7) is 2.27. The van der Waals surface area contributed by atoms with E-state index in [0.717, 1.165) is 0 Å². The van der Waals surface area contributed by atoms with Gasteiger partial charge in [0.25, 0.3) is 0 Å². The van der Waals surface area contributed by atoms with Crippen molar-refractivity contribution in [3.8, 4) is 0 Å². The fraction of sp³-hybridized carbons (Fsp3) is 0.500. The van der Waals surface area contributed by atoms with Crippen molar-refractivity contribution in [3.05, 3.63) is 35.7 Å². The van der Waals surface area contributed by atoms with Gasteiger partial charge in [0, 0.05) is 6.42 Å². The van der Waals surface area contributed by atoms with Gasteiger partial charge in [-0.2, -0.15) is 0 Å². The van der Waals surface area contributed by atoms with Crippen molar-refractivity contribution in [1.82, 2.24) is 0 Å². The van der Waals surface area contributed by atoms with Gasteiger partial charge in [-0.25, -0.2) is 4.39 Å². The van der Waals surface area contributed by atoms with Gasteiger partial charge in [0.2, 0.25) is 0 Å². The van der Waals surface area contributed by atoms with E-state index >= 15 is 0 Å². The van der Waals surface area contributed by atoms with E-state index < -0.39 is 0 Å². The molecule has 0 bridgehead atoms. The Labute approximate surface area is 78.8 Å². The summed E-state index contributed by atoms with van der Waals surface area (Å²) >= 11 is 0. The Kier molecular flexibility index (Phi) is 2.10. The van der Waals surface area contributed by atoms with Crippen LogP contribution in [0, 0.1) is 5.41 Å². The van der Waals surface area contributed by atoms with Crippen LogP contribution in [0.5, 0.6) is 0 Å². The molecule has 0 saturated heterocycles. The minimum atomic E-state index is -0.0332. The fourth-order valence-corrected chi connectivity index (χ4v) is 2.00. The van der Waals surface area contributed by atoms with E-state index in [-0.39, 0.29) is 5.83 Å². The molecule has 2 aliphatic rings. The van der Waals surface area contributed by atoms with Crippen LogP contribution in [0.4, 0.5) is 4.39 Å². The zero-order valence-electron chi connectivity index (χ0n) is 8.02. The third-order valence-corrected chi connectivity index (χ3v) is 3.21. The number of rotatable bonds is 1. The molecule has 70 valence electrons. The molecule has 0 spiro atoms. The zero-order valence-corrected chi connectivity index (χ0v) is 8.02. The number of hydrogen-bond acceptors (Lipinski definition) is 0. The topological polar surface area (TPSA) is 0 Å². The van der Waals surface area contributed by atoms with Crippen molar-refractivity contribution in [1.29, 1.82) is 0 Å². The van der Waals surface area contributed by atoms with Crippen LogP contribution in [-0.4, -0.2) is 0 Å². The lowest BCUT2D eigenvalue weighted by atomic mass is 9.65.